The van der Waals surface area contributed by atoms with E-state index in [-0.39, 0.29) is 5.91 Å². The van der Waals surface area contributed by atoms with Gasteiger partial charge < -0.3 is 15.4 Å². The van der Waals surface area contributed by atoms with Gasteiger partial charge in [0.2, 0.25) is 10.1 Å². The molecule has 0 bridgehead atoms. The Hall–Kier alpha value is -1.86. The molecular formula is C13H15ClN4O2S. The lowest BCUT2D eigenvalue weighted by Crippen LogP contribution is -2.11. The summed E-state index contributed by atoms with van der Waals surface area (Å²) in [5.74, 6) is 0.231. The standard InChI is InChI=1S/C13H15ClN4O2S/c1-3-6-15-13-18-17-12(21-13)11(19)16-8-4-5-10(20-2)9(14)7-8/h4-5,7H,3,6H2,1-2H3,(H,15,18)(H,16,19). The molecule has 0 radical (unpaired) electrons. The normalized spacial score (nSPS) is 10.2. The van der Waals surface area contributed by atoms with Gasteiger partial charge in [0.25, 0.3) is 5.91 Å². The number of rotatable bonds is 6. The van der Waals surface area contributed by atoms with Crippen LogP contribution in [0.3, 0.4) is 0 Å². The summed E-state index contributed by atoms with van der Waals surface area (Å²) in [5.41, 5.74) is 0.573. The van der Waals surface area contributed by atoms with E-state index >= 15 is 0 Å². The third-order valence-corrected chi connectivity index (χ3v) is 3.73. The zero-order valence-electron chi connectivity index (χ0n) is 11.6. The highest BCUT2D eigenvalue weighted by molar-refractivity contribution is 7.17. The van der Waals surface area contributed by atoms with Gasteiger partial charge in [0.1, 0.15) is 5.75 Å². The second-order valence-corrected chi connectivity index (χ2v) is 5.53. The molecule has 1 amide bonds. The lowest BCUT2D eigenvalue weighted by atomic mass is 10.3. The quantitative estimate of drug-likeness (QED) is 0.852. The lowest BCUT2D eigenvalue weighted by molar-refractivity contribution is 0.102. The van der Waals surface area contributed by atoms with Crippen LogP contribution in [0.4, 0.5) is 10.8 Å². The molecule has 0 aliphatic rings. The van der Waals surface area contributed by atoms with Gasteiger partial charge in [-0.2, -0.15) is 0 Å². The van der Waals surface area contributed by atoms with E-state index in [4.69, 9.17) is 16.3 Å². The molecule has 2 N–H and O–H groups in total. The Labute approximate surface area is 131 Å². The van der Waals surface area contributed by atoms with Crippen LogP contribution in [0.2, 0.25) is 5.02 Å². The smallest absolute Gasteiger partial charge is 0.286 e. The predicted octanol–water partition coefficient (Wildman–Crippen LogP) is 3.27. The van der Waals surface area contributed by atoms with Gasteiger partial charge in [0, 0.05) is 12.2 Å². The minimum absolute atomic E-state index is 0.292. The Kier molecular flexibility index (Phi) is 5.35. The maximum atomic E-state index is 12.1. The van der Waals surface area contributed by atoms with Gasteiger partial charge in [0.15, 0.2) is 0 Å². The minimum atomic E-state index is -0.321. The number of benzene rings is 1. The van der Waals surface area contributed by atoms with Gasteiger partial charge in [-0.15, -0.1) is 10.2 Å². The third-order valence-electron chi connectivity index (χ3n) is 2.56. The second kappa shape index (κ2) is 7.24. The van der Waals surface area contributed by atoms with Crippen LogP contribution >= 0.6 is 22.9 Å². The Bertz CT molecular complexity index is 632. The van der Waals surface area contributed by atoms with E-state index in [0.717, 1.165) is 13.0 Å². The highest BCUT2D eigenvalue weighted by atomic mass is 35.5. The van der Waals surface area contributed by atoms with Gasteiger partial charge in [-0.3, -0.25) is 4.79 Å². The van der Waals surface area contributed by atoms with Crippen LogP contribution in [-0.4, -0.2) is 29.8 Å². The number of aromatic nitrogens is 2. The molecule has 0 atom stereocenters. The zero-order chi connectivity index (χ0) is 15.2. The van der Waals surface area contributed by atoms with Crippen molar-refractivity contribution in [3.63, 3.8) is 0 Å². The molecule has 0 saturated heterocycles. The van der Waals surface area contributed by atoms with Crippen molar-refractivity contribution in [3.8, 4) is 5.75 Å². The lowest BCUT2D eigenvalue weighted by Gasteiger charge is -2.06. The Balaban J connectivity index is 2.03. The van der Waals surface area contributed by atoms with Crippen molar-refractivity contribution in [1.29, 1.82) is 0 Å². The maximum Gasteiger partial charge on any atom is 0.286 e. The van der Waals surface area contributed by atoms with Gasteiger partial charge in [-0.05, 0) is 24.6 Å². The molecule has 21 heavy (non-hydrogen) atoms. The highest BCUT2D eigenvalue weighted by Crippen LogP contribution is 2.27. The number of amides is 1. The van der Waals surface area contributed by atoms with Crippen LogP contribution in [-0.2, 0) is 0 Å². The molecular weight excluding hydrogens is 312 g/mol. The summed E-state index contributed by atoms with van der Waals surface area (Å²) in [7, 11) is 1.53. The van der Waals surface area contributed by atoms with E-state index in [2.05, 4.69) is 27.8 Å². The molecule has 8 heteroatoms. The fourth-order valence-electron chi connectivity index (χ4n) is 1.55. The monoisotopic (exact) mass is 326 g/mol. The summed E-state index contributed by atoms with van der Waals surface area (Å²) >= 11 is 7.22. The number of hydrogen-bond donors (Lipinski definition) is 2. The van der Waals surface area contributed by atoms with Gasteiger partial charge in [0.05, 0.1) is 12.1 Å². The molecule has 0 aliphatic heterocycles. The summed E-state index contributed by atoms with van der Waals surface area (Å²) in [6.45, 7) is 2.85. The fraction of sp³-hybridized carbons (Fsp3) is 0.308. The van der Waals surface area contributed by atoms with E-state index in [1.165, 1.54) is 18.4 Å². The molecule has 2 aromatic rings. The minimum Gasteiger partial charge on any atom is -0.495 e. The molecule has 2 rings (SSSR count). The first-order chi connectivity index (χ1) is 10.1. The van der Waals surface area contributed by atoms with E-state index in [9.17, 15) is 4.79 Å². The number of anilines is 2. The van der Waals surface area contributed by atoms with E-state index in [0.29, 0.717) is 26.6 Å². The molecule has 1 aromatic heterocycles. The largest absolute Gasteiger partial charge is 0.495 e. The van der Waals surface area contributed by atoms with E-state index in [1.54, 1.807) is 18.2 Å². The van der Waals surface area contributed by atoms with Crippen LogP contribution in [0.15, 0.2) is 18.2 Å². The summed E-state index contributed by atoms with van der Waals surface area (Å²) < 4.78 is 5.06. The first-order valence-electron chi connectivity index (χ1n) is 6.36. The molecule has 0 unspecified atom stereocenters. The van der Waals surface area contributed by atoms with Gasteiger partial charge in [-0.25, -0.2) is 0 Å². The first kappa shape index (κ1) is 15.5. The van der Waals surface area contributed by atoms with Crippen LogP contribution in [0, 0.1) is 0 Å². The summed E-state index contributed by atoms with van der Waals surface area (Å²) in [4.78, 5) is 12.1. The number of methoxy groups -OCH3 is 1. The molecule has 112 valence electrons. The number of ether oxygens (including phenoxy) is 1. The summed E-state index contributed by atoms with van der Waals surface area (Å²) in [6, 6.07) is 5.02. The van der Waals surface area contributed by atoms with Crippen molar-refractivity contribution in [1.82, 2.24) is 10.2 Å². The van der Waals surface area contributed by atoms with Gasteiger partial charge >= 0.3 is 0 Å². The second-order valence-electron chi connectivity index (χ2n) is 4.14. The SMILES string of the molecule is CCCNc1nnc(C(=O)Nc2ccc(OC)c(Cl)c2)s1. The van der Waals surface area contributed by atoms with Crippen molar-refractivity contribution in [2.75, 3.05) is 24.3 Å². The fourth-order valence-corrected chi connectivity index (χ4v) is 2.47. The molecule has 0 fully saturated rings. The zero-order valence-corrected chi connectivity index (χ0v) is 13.2. The van der Waals surface area contributed by atoms with Crippen molar-refractivity contribution in [2.45, 2.75) is 13.3 Å². The summed E-state index contributed by atoms with van der Waals surface area (Å²) in [6.07, 6.45) is 0.978. The number of halogens is 1. The number of hydrogen-bond acceptors (Lipinski definition) is 6. The number of nitrogens with one attached hydrogen (secondary N) is 2. The molecule has 6 nitrogen and oxygen atoms in total. The Morgan fingerprint density at radius 2 is 2.24 bits per heavy atom. The molecule has 1 heterocycles. The number of nitrogens with zero attached hydrogens (tertiary/aromatic N) is 2. The summed E-state index contributed by atoms with van der Waals surface area (Å²) in [5, 5.41) is 14.9. The highest BCUT2D eigenvalue weighted by Gasteiger charge is 2.13. The van der Waals surface area contributed by atoms with Crippen molar-refractivity contribution in [3.05, 3.63) is 28.2 Å². The maximum absolute atomic E-state index is 12.1. The number of carbonyl (C=O) groups is 1. The third kappa shape index (κ3) is 4.05. The van der Waals surface area contributed by atoms with Crippen LogP contribution in [0.1, 0.15) is 23.1 Å². The van der Waals surface area contributed by atoms with E-state index < -0.39 is 0 Å². The van der Waals surface area contributed by atoms with Crippen molar-refractivity contribution in [2.24, 2.45) is 0 Å². The predicted molar refractivity (Wildman–Crippen MR) is 84.6 cm³/mol. The Morgan fingerprint density at radius 3 is 2.90 bits per heavy atom. The number of carbonyl (C=O) groups excluding carboxylic acids is 1. The topological polar surface area (TPSA) is 76.1 Å². The van der Waals surface area contributed by atoms with E-state index in [1.807, 2.05) is 0 Å². The van der Waals surface area contributed by atoms with Crippen LogP contribution in [0.5, 0.6) is 5.75 Å². The molecule has 0 aliphatic carbocycles. The van der Waals surface area contributed by atoms with Gasteiger partial charge in [-0.1, -0.05) is 29.9 Å². The average molecular weight is 327 g/mol. The Morgan fingerprint density at radius 1 is 1.43 bits per heavy atom. The molecule has 0 saturated carbocycles. The van der Waals surface area contributed by atoms with Crippen LogP contribution < -0.4 is 15.4 Å². The van der Waals surface area contributed by atoms with Crippen molar-refractivity contribution < 1.29 is 9.53 Å². The van der Waals surface area contributed by atoms with Crippen LogP contribution in [0.25, 0.3) is 0 Å². The molecule has 0 spiro atoms. The van der Waals surface area contributed by atoms with Crippen molar-refractivity contribution >= 4 is 39.7 Å². The first-order valence-corrected chi connectivity index (χ1v) is 7.55. The average Bonchev–Trinajstić information content (AvgIpc) is 2.94. The molecule has 1 aromatic carbocycles.